The first-order valence-electron chi connectivity index (χ1n) is 11.3. The van der Waals surface area contributed by atoms with E-state index in [0.717, 1.165) is 38.8 Å². The van der Waals surface area contributed by atoms with Crippen LogP contribution in [0.4, 0.5) is 4.79 Å². The highest BCUT2D eigenvalue weighted by atomic mass is 16.6. The molecule has 0 aromatic rings. The van der Waals surface area contributed by atoms with E-state index in [9.17, 15) is 24.3 Å². The van der Waals surface area contributed by atoms with Gasteiger partial charge in [-0.2, -0.15) is 0 Å². The van der Waals surface area contributed by atoms with Gasteiger partial charge in [0.05, 0.1) is 12.5 Å². The molecule has 2 rings (SSSR count). The number of likely N-dealkylation sites (tertiary alicyclic amines) is 1. The summed E-state index contributed by atoms with van der Waals surface area (Å²) in [5.74, 6) is -1.35. The average molecular weight is 457 g/mol. The van der Waals surface area contributed by atoms with Crippen molar-refractivity contribution in [3.8, 4) is 0 Å². The van der Waals surface area contributed by atoms with E-state index in [0.29, 0.717) is 31.8 Å². The van der Waals surface area contributed by atoms with Gasteiger partial charge < -0.3 is 35.4 Å². The lowest BCUT2D eigenvalue weighted by Gasteiger charge is -2.33. The second kappa shape index (κ2) is 13.9. The fourth-order valence-electron chi connectivity index (χ4n) is 4.02. The van der Waals surface area contributed by atoms with Crippen molar-refractivity contribution in [1.29, 1.82) is 0 Å². The second-order valence-corrected chi connectivity index (χ2v) is 8.32. The Bertz CT molecular complexity index is 640. The molecule has 0 saturated carbocycles. The summed E-state index contributed by atoms with van der Waals surface area (Å²) in [5, 5.41) is 17.4. The van der Waals surface area contributed by atoms with Gasteiger partial charge in [0.2, 0.25) is 11.8 Å². The molecule has 0 bridgehead atoms. The topological polar surface area (TPSA) is 146 Å². The molecule has 0 aromatic heterocycles. The van der Waals surface area contributed by atoms with Crippen molar-refractivity contribution >= 4 is 23.9 Å². The zero-order valence-electron chi connectivity index (χ0n) is 18.8. The molecule has 11 nitrogen and oxygen atoms in total. The monoisotopic (exact) mass is 456 g/mol. The van der Waals surface area contributed by atoms with E-state index in [2.05, 4.69) is 16.0 Å². The van der Waals surface area contributed by atoms with E-state index < -0.39 is 24.0 Å². The predicted octanol–water partition coefficient (Wildman–Crippen LogP) is -0.0532. The summed E-state index contributed by atoms with van der Waals surface area (Å²) < 4.78 is 9.55. The summed E-state index contributed by atoms with van der Waals surface area (Å²) >= 11 is 0. The van der Waals surface area contributed by atoms with Crippen LogP contribution in [0, 0.1) is 11.8 Å². The molecule has 2 atom stereocenters. The number of carboxylic acids is 1. The fraction of sp³-hybridized carbons (Fsp3) is 0.810. The smallest absolute Gasteiger partial charge is 0.407 e. The van der Waals surface area contributed by atoms with E-state index in [1.807, 2.05) is 0 Å². The van der Waals surface area contributed by atoms with Gasteiger partial charge in [0, 0.05) is 33.2 Å². The molecule has 2 aliphatic heterocycles. The number of piperidine rings is 2. The van der Waals surface area contributed by atoms with E-state index in [1.54, 1.807) is 4.90 Å². The maximum Gasteiger partial charge on any atom is 0.407 e. The van der Waals surface area contributed by atoms with Crippen molar-refractivity contribution in [3.05, 3.63) is 0 Å². The van der Waals surface area contributed by atoms with Gasteiger partial charge in [-0.3, -0.25) is 9.59 Å². The minimum atomic E-state index is -1.32. The number of rotatable bonds is 11. The summed E-state index contributed by atoms with van der Waals surface area (Å²) in [7, 11) is 1.45. The molecule has 3 amide bonds. The molecule has 2 fully saturated rings. The number of alkyl carbamates (subject to hydrolysis) is 1. The minimum absolute atomic E-state index is 0.00932. The van der Waals surface area contributed by atoms with Gasteiger partial charge in [-0.1, -0.05) is 0 Å². The Morgan fingerprint density at radius 3 is 2.59 bits per heavy atom. The van der Waals surface area contributed by atoms with Gasteiger partial charge in [-0.05, 0) is 51.1 Å². The summed E-state index contributed by atoms with van der Waals surface area (Å²) in [6, 6.07) is -1.32. The number of methoxy groups -OCH3 is 1. The van der Waals surface area contributed by atoms with Crippen LogP contribution in [0.2, 0.25) is 0 Å². The molecular formula is C21H36N4O7. The largest absolute Gasteiger partial charge is 0.480 e. The lowest BCUT2D eigenvalue weighted by Crippen LogP contribution is -2.51. The maximum atomic E-state index is 12.6. The first-order valence-corrected chi connectivity index (χ1v) is 11.3. The van der Waals surface area contributed by atoms with Gasteiger partial charge in [0.15, 0.2) is 0 Å². The first kappa shape index (κ1) is 25.9. The normalized spacial score (nSPS) is 20.3. The molecule has 2 aliphatic rings. The molecular weight excluding hydrogens is 420 g/mol. The fourth-order valence-corrected chi connectivity index (χ4v) is 4.02. The highest BCUT2D eigenvalue weighted by Gasteiger charge is 2.30. The molecule has 0 unspecified atom stereocenters. The Balaban J connectivity index is 1.75. The number of amides is 3. The van der Waals surface area contributed by atoms with Crippen molar-refractivity contribution < 1.29 is 33.8 Å². The summed E-state index contributed by atoms with van der Waals surface area (Å²) in [5.41, 5.74) is 0. The quantitative estimate of drug-likeness (QED) is 0.317. The molecule has 2 heterocycles. The number of carbonyl (C=O) groups excluding carboxylic acids is 3. The summed E-state index contributed by atoms with van der Waals surface area (Å²) in [6.45, 7) is 2.89. The standard InChI is InChI=1S/C21H36N4O7/c1-31-11-12-32-21(30)24-17(20(28)29)13-23-19(27)16-3-2-10-25(14-16)18(26)5-4-15-6-8-22-9-7-15/h15-17,22H,2-14H2,1H3,(H,23,27)(H,24,30)(H,28,29)/t16-,17+/m1/s1. The highest BCUT2D eigenvalue weighted by molar-refractivity contribution is 5.83. The zero-order valence-corrected chi connectivity index (χ0v) is 18.8. The third-order valence-electron chi connectivity index (χ3n) is 5.96. The molecule has 0 aliphatic carbocycles. The average Bonchev–Trinajstić information content (AvgIpc) is 2.80. The molecule has 11 heteroatoms. The van der Waals surface area contributed by atoms with Crippen molar-refractivity contribution in [2.75, 3.05) is 53.0 Å². The number of carboxylic acid groups (broad SMARTS) is 1. The van der Waals surface area contributed by atoms with Gasteiger partial charge >= 0.3 is 12.1 Å². The Morgan fingerprint density at radius 1 is 1.16 bits per heavy atom. The van der Waals surface area contributed by atoms with Gasteiger partial charge in [-0.25, -0.2) is 9.59 Å². The van der Waals surface area contributed by atoms with E-state index in [4.69, 9.17) is 9.47 Å². The predicted molar refractivity (Wildman–Crippen MR) is 115 cm³/mol. The number of ether oxygens (including phenoxy) is 2. The zero-order chi connectivity index (χ0) is 23.3. The van der Waals surface area contributed by atoms with Crippen molar-refractivity contribution in [1.82, 2.24) is 20.9 Å². The Labute approximate surface area is 188 Å². The maximum absolute atomic E-state index is 12.6. The number of nitrogens with one attached hydrogen (secondary N) is 3. The van der Waals surface area contributed by atoms with Crippen LogP contribution in [0.1, 0.15) is 38.5 Å². The van der Waals surface area contributed by atoms with Crippen molar-refractivity contribution in [2.24, 2.45) is 11.8 Å². The SMILES string of the molecule is COCCOC(=O)N[C@@H](CNC(=O)[C@@H]1CCCN(C(=O)CCC2CCNCC2)C1)C(=O)O. The van der Waals surface area contributed by atoms with Crippen LogP contribution in [0.3, 0.4) is 0 Å². The van der Waals surface area contributed by atoms with Crippen LogP contribution >= 0.6 is 0 Å². The second-order valence-electron chi connectivity index (χ2n) is 8.32. The van der Waals surface area contributed by atoms with E-state index in [1.165, 1.54) is 7.11 Å². The number of hydrogen-bond donors (Lipinski definition) is 4. The lowest BCUT2D eigenvalue weighted by molar-refractivity contribution is -0.139. The van der Waals surface area contributed by atoms with Crippen molar-refractivity contribution in [2.45, 2.75) is 44.6 Å². The van der Waals surface area contributed by atoms with Crippen LogP contribution in [0.15, 0.2) is 0 Å². The number of hydrogen-bond acceptors (Lipinski definition) is 7. The number of aliphatic carboxylic acids is 1. The molecule has 32 heavy (non-hydrogen) atoms. The molecule has 0 radical (unpaired) electrons. The molecule has 0 spiro atoms. The number of nitrogens with zero attached hydrogens (tertiary/aromatic N) is 1. The minimum Gasteiger partial charge on any atom is -0.480 e. The molecule has 0 aromatic carbocycles. The van der Waals surface area contributed by atoms with E-state index in [-0.39, 0.29) is 31.6 Å². The van der Waals surface area contributed by atoms with Crippen LogP contribution in [0.5, 0.6) is 0 Å². The third-order valence-corrected chi connectivity index (χ3v) is 5.96. The number of carbonyl (C=O) groups is 4. The van der Waals surface area contributed by atoms with Gasteiger partial charge in [0.1, 0.15) is 12.6 Å². The third kappa shape index (κ3) is 8.99. The van der Waals surface area contributed by atoms with Crippen LogP contribution in [-0.4, -0.2) is 93.0 Å². The van der Waals surface area contributed by atoms with Crippen molar-refractivity contribution in [3.63, 3.8) is 0 Å². The van der Waals surface area contributed by atoms with E-state index >= 15 is 0 Å². The summed E-state index contributed by atoms with van der Waals surface area (Å²) in [6.07, 6.45) is 4.02. The van der Waals surface area contributed by atoms with Crippen LogP contribution in [-0.2, 0) is 23.9 Å². The Kier molecular flexibility index (Phi) is 11.2. The summed E-state index contributed by atoms with van der Waals surface area (Å²) in [4.78, 5) is 50.0. The molecule has 182 valence electrons. The Morgan fingerprint density at radius 2 is 1.91 bits per heavy atom. The molecule has 4 N–H and O–H groups in total. The van der Waals surface area contributed by atoms with Gasteiger partial charge in [0.25, 0.3) is 0 Å². The van der Waals surface area contributed by atoms with Crippen LogP contribution < -0.4 is 16.0 Å². The first-order chi connectivity index (χ1) is 15.4. The van der Waals surface area contributed by atoms with Gasteiger partial charge in [-0.15, -0.1) is 0 Å². The lowest BCUT2D eigenvalue weighted by atomic mass is 9.92. The van der Waals surface area contributed by atoms with Crippen LogP contribution in [0.25, 0.3) is 0 Å². The molecule has 2 saturated heterocycles. The highest BCUT2D eigenvalue weighted by Crippen LogP contribution is 2.21. The Hall–Kier alpha value is -2.40.